The van der Waals surface area contributed by atoms with E-state index < -0.39 is 29.5 Å². The number of hydrogen-bond donors (Lipinski definition) is 3. The summed E-state index contributed by atoms with van der Waals surface area (Å²) in [5.74, 6) is -2.04. The minimum absolute atomic E-state index is 0.172. The first-order valence-electron chi connectivity index (χ1n) is 12.5. The van der Waals surface area contributed by atoms with E-state index in [2.05, 4.69) is 53.8 Å². The SMILES string of the molecule is CCCC(NC(=O)Cc1cc(F)cc(F)c1)C(=O)Nc1cn(C(C)(C)CNC(C)c2ccccc2)cn1. The Bertz CT molecular complexity index is 1180. The molecule has 0 bridgehead atoms. The van der Waals surface area contributed by atoms with Crippen LogP contribution in [0.2, 0.25) is 0 Å². The fourth-order valence-corrected chi connectivity index (χ4v) is 3.99. The van der Waals surface area contributed by atoms with E-state index in [1.807, 2.05) is 29.7 Å². The highest BCUT2D eigenvalue weighted by Gasteiger charge is 2.24. The standard InChI is InChI=1S/C28H35F2N5O2/c1-5-9-24(33-26(36)14-20-12-22(29)15-23(30)13-20)27(37)34-25-16-35(18-32-25)28(3,4)17-31-19(2)21-10-7-6-8-11-21/h6-8,10-13,15-16,18-19,24,31H,5,9,14,17H2,1-4H3,(H,33,36)(H,34,37). The molecule has 3 rings (SSSR count). The van der Waals surface area contributed by atoms with Crippen LogP contribution in [0.5, 0.6) is 0 Å². The number of nitrogens with one attached hydrogen (secondary N) is 3. The Morgan fingerprint density at radius 2 is 1.76 bits per heavy atom. The molecule has 0 fully saturated rings. The van der Waals surface area contributed by atoms with Crippen molar-refractivity contribution in [3.63, 3.8) is 0 Å². The summed E-state index contributed by atoms with van der Waals surface area (Å²) in [6.45, 7) is 8.82. The van der Waals surface area contributed by atoms with E-state index in [1.54, 1.807) is 12.5 Å². The molecule has 0 aliphatic carbocycles. The van der Waals surface area contributed by atoms with E-state index >= 15 is 0 Å². The molecule has 0 spiro atoms. The van der Waals surface area contributed by atoms with Gasteiger partial charge in [0.2, 0.25) is 11.8 Å². The summed E-state index contributed by atoms with van der Waals surface area (Å²) in [4.78, 5) is 29.7. The van der Waals surface area contributed by atoms with Gasteiger partial charge in [-0.2, -0.15) is 0 Å². The van der Waals surface area contributed by atoms with Crippen LogP contribution >= 0.6 is 0 Å². The van der Waals surface area contributed by atoms with Crippen molar-refractivity contribution in [3.8, 4) is 0 Å². The van der Waals surface area contributed by atoms with Gasteiger partial charge in [-0.05, 0) is 50.5 Å². The zero-order chi connectivity index (χ0) is 27.0. The van der Waals surface area contributed by atoms with Crippen molar-refractivity contribution in [2.45, 2.75) is 64.6 Å². The minimum Gasteiger partial charge on any atom is -0.344 e. The molecule has 2 amide bonds. The molecule has 0 aliphatic heterocycles. The number of anilines is 1. The molecule has 0 radical (unpaired) electrons. The van der Waals surface area contributed by atoms with E-state index in [9.17, 15) is 18.4 Å². The number of aromatic nitrogens is 2. The second-order valence-electron chi connectivity index (χ2n) is 9.84. The van der Waals surface area contributed by atoms with Crippen molar-refractivity contribution in [3.05, 3.63) is 83.8 Å². The van der Waals surface area contributed by atoms with Crippen molar-refractivity contribution in [1.29, 1.82) is 0 Å². The van der Waals surface area contributed by atoms with Gasteiger partial charge in [0, 0.05) is 24.8 Å². The Kier molecular flexibility index (Phi) is 9.52. The Hall–Kier alpha value is -3.59. The van der Waals surface area contributed by atoms with Gasteiger partial charge in [-0.1, -0.05) is 43.7 Å². The number of rotatable bonds is 12. The van der Waals surface area contributed by atoms with Gasteiger partial charge in [0.25, 0.3) is 0 Å². The maximum Gasteiger partial charge on any atom is 0.248 e. The average molecular weight is 512 g/mol. The minimum atomic E-state index is -0.803. The van der Waals surface area contributed by atoms with Crippen LogP contribution in [-0.4, -0.2) is 34.0 Å². The lowest BCUT2D eigenvalue weighted by molar-refractivity contribution is -0.126. The second kappa shape index (κ2) is 12.6. The Labute approximate surface area is 216 Å². The predicted octanol–water partition coefficient (Wildman–Crippen LogP) is 4.71. The fourth-order valence-electron chi connectivity index (χ4n) is 3.99. The van der Waals surface area contributed by atoms with Crippen LogP contribution in [-0.2, 0) is 21.5 Å². The zero-order valence-electron chi connectivity index (χ0n) is 21.7. The van der Waals surface area contributed by atoms with Crippen LogP contribution in [0.1, 0.15) is 57.7 Å². The van der Waals surface area contributed by atoms with Gasteiger partial charge in [0.1, 0.15) is 17.7 Å². The van der Waals surface area contributed by atoms with Crippen LogP contribution in [0.3, 0.4) is 0 Å². The first-order valence-corrected chi connectivity index (χ1v) is 12.5. The van der Waals surface area contributed by atoms with Crippen LogP contribution < -0.4 is 16.0 Å². The van der Waals surface area contributed by atoms with Crippen molar-refractivity contribution in [1.82, 2.24) is 20.2 Å². The average Bonchev–Trinajstić information content (AvgIpc) is 3.31. The zero-order valence-corrected chi connectivity index (χ0v) is 21.7. The van der Waals surface area contributed by atoms with E-state index in [0.29, 0.717) is 25.2 Å². The molecule has 3 aromatic rings. The van der Waals surface area contributed by atoms with Gasteiger partial charge in [-0.15, -0.1) is 0 Å². The first kappa shape index (κ1) is 28.0. The third kappa shape index (κ3) is 8.21. The number of amides is 2. The normalized spacial score (nSPS) is 13.1. The highest BCUT2D eigenvalue weighted by atomic mass is 19.1. The molecule has 2 aromatic carbocycles. The third-order valence-corrected chi connectivity index (χ3v) is 6.19. The molecule has 0 saturated heterocycles. The topological polar surface area (TPSA) is 88.0 Å². The van der Waals surface area contributed by atoms with E-state index in [0.717, 1.165) is 18.2 Å². The van der Waals surface area contributed by atoms with E-state index in [4.69, 9.17) is 0 Å². The number of hydrogen-bond acceptors (Lipinski definition) is 4. The summed E-state index contributed by atoms with van der Waals surface area (Å²) >= 11 is 0. The highest BCUT2D eigenvalue weighted by molar-refractivity contribution is 5.96. The Morgan fingerprint density at radius 3 is 2.41 bits per heavy atom. The van der Waals surface area contributed by atoms with Crippen LogP contribution in [0.4, 0.5) is 14.6 Å². The van der Waals surface area contributed by atoms with Crippen LogP contribution in [0.25, 0.3) is 0 Å². The molecule has 9 heteroatoms. The molecule has 198 valence electrons. The number of benzene rings is 2. The second-order valence-corrected chi connectivity index (χ2v) is 9.84. The van der Waals surface area contributed by atoms with Crippen molar-refractivity contribution < 1.29 is 18.4 Å². The number of carbonyl (C=O) groups is 2. The van der Waals surface area contributed by atoms with Crippen LogP contribution in [0, 0.1) is 11.6 Å². The molecule has 2 atom stereocenters. The first-order chi connectivity index (χ1) is 17.6. The quantitative estimate of drug-likeness (QED) is 0.329. The summed E-state index contributed by atoms with van der Waals surface area (Å²) in [5, 5.41) is 8.98. The monoisotopic (exact) mass is 511 g/mol. The van der Waals surface area contributed by atoms with Gasteiger partial charge in [0.05, 0.1) is 18.3 Å². The lowest BCUT2D eigenvalue weighted by Crippen LogP contribution is -2.44. The number of halogens is 2. The van der Waals surface area contributed by atoms with Gasteiger partial charge in [-0.25, -0.2) is 13.8 Å². The Balaban J connectivity index is 1.58. The summed E-state index contributed by atoms with van der Waals surface area (Å²) in [6, 6.07) is 12.5. The molecule has 37 heavy (non-hydrogen) atoms. The number of nitrogens with zero attached hydrogens (tertiary/aromatic N) is 2. The van der Waals surface area contributed by atoms with Gasteiger partial charge < -0.3 is 20.5 Å². The summed E-state index contributed by atoms with van der Waals surface area (Å²) in [7, 11) is 0. The van der Waals surface area contributed by atoms with Gasteiger partial charge in [-0.3, -0.25) is 9.59 Å². The van der Waals surface area contributed by atoms with Gasteiger partial charge >= 0.3 is 0 Å². The Morgan fingerprint density at radius 1 is 1.08 bits per heavy atom. The van der Waals surface area contributed by atoms with Crippen molar-refractivity contribution >= 4 is 17.6 Å². The molecule has 3 N–H and O–H groups in total. The molecule has 2 unspecified atom stereocenters. The number of carbonyl (C=O) groups excluding carboxylic acids is 2. The maximum atomic E-state index is 13.4. The summed E-state index contributed by atoms with van der Waals surface area (Å²) in [6.07, 6.45) is 4.24. The predicted molar refractivity (Wildman–Crippen MR) is 140 cm³/mol. The highest BCUT2D eigenvalue weighted by Crippen LogP contribution is 2.19. The molecule has 0 saturated carbocycles. The maximum absolute atomic E-state index is 13.4. The lowest BCUT2D eigenvalue weighted by atomic mass is 10.0. The van der Waals surface area contributed by atoms with Crippen molar-refractivity contribution in [2.75, 3.05) is 11.9 Å². The summed E-state index contributed by atoms with van der Waals surface area (Å²) < 4.78 is 28.8. The van der Waals surface area contributed by atoms with Gasteiger partial charge in [0.15, 0.2) is 5.82 Å². The molecule has 1 aromatic heterocycles. The largest absolute Gasteiger partial charge is 0.344 e. The summed E-state index contributed by atoms with van der Waals surface area (Å²) in [5.41, 5.74) is 1.07. The molecule has 1 heterocycles. The molecular formula is C28H35F2N5O2. The lowest BCUT2D eigenvalue weighted by Gasteiger charge is -2.29. The third-order valence-electron chi connectivity index (χ3n) is 6.19. The van der Waals surface area contributed by atoms with E-state index in [1.165, 1.54) is 5.56 Å². The smallest absolute Gasteiger partial charge is 0.248 e. The van der Waals surface area contributed by atoms with Crippen LogP contribution in [0.15, 0.2) is 61.1 Å². The number of imidazole rings is 1. The molecule has 7 nitrogen and oxygen atoms in total. The molecular weight excluding hydrogens is 476 g/mol. The molecule has 0 aliphatic rings. The fraction of sp³-hybridized carbons (Fsp3) is 0.393. The van der Waals surface area contributed by atoms with Crippen molar-refractivity contribution in [2.24, 2.45) is 0 Å². The van der Waals surface area contributed by atoms with E-state index in [-0.39, 0.29) is 23.6 Å².